The van der Waals surface area contributed by atoms with Crippen molar-refractivity contribution in [1.82, 2.24) is 10.2 Å². The molecule has 2 rings (SSSR count). The van der Waals surface area contributed by atoms with E-state index in [2.05, 4.69) is 5.32 Å². The topological polar surface area (TPSA) is 78.9 Å². The highest BCUT2D eigenvalue weighted by Gasteiger charge is 2.31. The van der Waals surface area contributed by atoms with Gasteiger partial charge < -0.3 is 15.2 Å². The van der Waals surface area contributed by atoms with E-state index in [1.165, 1.54) is 0 Å². The molecule has 0 saturated carbocycles. The molecule has 2 N–H and O–H groups in total. The third kappa shape index (κ3) is 3.76. The molecule has 6 nitrogen and oxygen atoms in total. The molecule has 2 atom stereocenters. The number of methoxy groups -OCH3 is 1. The van der Waals surface area contributed by atoms with Gasteiger partial charge in [0, 0.05) is 5.56 Å². The third-order valence-electron chi connectivity index (χ3n) is 3.98. The van der Waals surface area contributed by atoms with Gasteiger partial charge in [-0.2, -0.15) is 0 Å². The van der Waals surface area contributed by atoms with Crippen molar-refractivity contribution in [3.8, 4) is 5.75 Å². The molecule has 0 bridgehead atoms. The maximum atomic E-state index is 12.2. The fourth-order valence-corrected chi connectivity index (χ4v) is 2.87. The quantitative estimate of drug-likeness (QED) is 0.831. The van der Waals surface area contributed by atoms with Crippen molar-refractivity contribution in [3.63, 3.8) is 0 Å². The predicted molar refractivity (Wildman–Crippen MR) is 81.8 cm³/mol. The molecule has 1 amide bonds. The van der Waals surface area contributed by atoms with Crippen LogP contribution in [0.25, 0.3) is 0 Å². The highest BCUT2D eigenvalue weighted by Crippen LogP contribution is 2.24. The molecule has 1 saturated heterocycles. The lowest BCUT2D eigenvalue weighted by molar-refractivity contribution is -0.142. The van der Waals surface area contributed by atoms with Gasteiger partial charge in [0.25, 0.3) is 0 Å². The Hall–Kier alpha value is -2.08. The molecule has 1 heterocycles. The number of para-hydroxylation sites is 1. The van der Waals surface area contributed by atoms with Crippen molar-refractivity contribution in [2.24, 2.45) is 0 Å². The van der Waals surface area contributed by atoms with E-state index in [4.69, 9.17) is 9.84 Å². The molecule has 1 unspecified atom stereocenters. The van der Waals surface area contributed by atoms with E-state index in [-0.39, 0.29) is 18.5 Å². The van der Waals surface area contributed by atoms with Crippen LogP contribution in [0.15, 0.2) is 24.3 Å². The SMILES string of the molecule is COc1ccccc1C(C)NC(=O)CN1CCC[C@H]1C(=O)O. The molecule has 120 valence electrons. The normalized spacial score (nSPS) is 19.6. The standard InChI is InChI=1S/C16H22N2O4/c1-11(12-6-3-4-8-14(12)22-2)17-15(19)10-18-9-5-7-13(18)16(20)21/h3-4,6,8,11,13H,5,7,9-10H2,1-2H3,(H,17,19)(H,20,21)/t11?,13-/m0/s1. The number of rotatable bonds is 6. The maximum absolute atomic E-state index is 12.2. The third-order valence-corrected chi connectivity index (χ3v) is 3.98. The second kappa shape index (κ2) is 7.26. The number of aliphatic carboxylic acids is 1. The summed E-state index contributed by atoms with van der Waals surface area (Å²) in [7, 11) is 1.59. The Morgan fingerprint density at radius 2 is 2.18 bits per heavy atom. The van der Waals surface area contributed by atoms with Crippen LogP contribution in [-0.2, 0) is 9.59 Å². The highest BCUT2D eigenvalue weighted by molar-refractivity contribution is 5.80. The number of amides is 1. The van der Waals surface area contributed by atoms with E-state index in [1.54, 1.807) is 12.0 Å². The summed E-state index contributed by atoms with van der Waals surface area (Å²) in [6.07, 6.45) is 1.41. The summed E-state index contributed by atoms with van der Waals surface area (Å²) >= 11 is 0. The second-order valence-corrected chi connectivity index (χ2v) is 5.50. The predicted octanol–water partition coefficient (Wildman–Crippen LogP) is 1.42. The number of hydrogen-bond donors (Lipinski definition) is 2. The lowest BCUT2D eigenvalue weighted by Crippen LogP contribution is -2.43. The summed E-state index contributed by atoms with van der Waals surface area (Å²) in [6.45, 7) is 2.64. The van der Waals surface area contributed by atoms with Crippen LogP contribution in [0.4, 0.5) is 0 Å². The van der Waals surface area contributed by atoms with Gasteiger partial charge >= 0.3 is 5.97 Å². The van der Waals surface area contributed by atoms with Crippen LogP contribution < -0.4 is 10.1 Å². The first-order chi connectivity index (χ1) is 10.5. The summed E-state index contributed by atoms with van der Waals surface area (Å²) in [6, 6.07) is 6.76. The van der Waals surface area contributed by atoms with Gasteiger partial charge in [-0.15, -0.1) is 0 Å². The maximum Gasteiger partial charge on any atom is 0.320 e. The zero-order valence-corrected chi connectivity index (χ0v) is 12.9. The Labute approximate surface area is 130 Å². The number of carboxylic acid groups (broad SMARTS) is 1. The number of carboxylic acids is 1. The van der Waals surface area contributed by atoms with Gasteiger partial charge in [0.05, 0.1) is 19.7 Å². The van der Waals surface area contributed by atoms with Crippen molar-refractivity contribution < 1.29 is 19.4 Å². The first kappa shape index (κ1) is 16.3. The van der Waals surface area contributed by atoms with Gasteiger partial charge in [0.1, 0.15) is 11.8 Å². The summed E-state index contributed by atoms with van der Waals surface area (Å²) in [5.74, 6) is -0.311. The molecule has 6 heteroatoms. The van der Waals surface area contributed by atoms with Crippen molar-refractivity contribution in [3.05, 3.63) is 29.8 Å². The molecule has 1 aliphatic heterocycles. The average molecular weight is 306 g/mol. The molecule has 1 fully saturated rings. The summed E-state index contributed by atoms with van der Waals surface area (Å²) in [4.78, 5) is 25.0. The van der Waals surface area contributed by atoms with Crippen LogP contribution in [0.5, 0.6) is 5.75 Å². The molecular weight excluding hydrogens is 284 g/mol. The van der Waals surface area contributed by atoms with E-state index in [0.29, 0.717) is 13.0 Å². The minimum Gasteiger partial charge on any atom is -0.496 e. The zero-order chi connectivity index (χ0) is 16.1. The lowest BCUT2D eigenvalue weighted by Gasteiger charge is -2.22. The minimum absolute atomic E-state index is 0.108. The first-order valence-corrected chi connectivity index (χ1v) is 7.42. The molecule has 0 radical (unpaired) electrons. The number of hydrogen-bond acceptors (Lipinski definition) is 4. The van der Waals surface area contributed by atoms with Crippen molar-refractivity contribution in [2.45, 2.75) is 31.8 Å². The zero-order valence-electron chi connectivity index (χ0n) is 12.9. The Bertz CT molecular complexity index is 547. The first-order valence-electron chi connectivity index (χ1n) is 7.42. The van der Waals surface area contributed by atoms with E-state index < -0.39 is 12.0 Å². The van der Waals surface area contributed by atoms with Crippen molar-refractivity contribution in [2.75, 3.05) is 20.2 Å². The fourth-order valence-electron chi connectivity index (χ4n) is 2.87. The molecule has 22 heavy (non-hydrogen) atoms. The van der Waals surface area contributed by atoms with E-state index in [9.17, 15) is 9.59 Å². The summed E-state index contributed by atoms with van der Waals surface area (Å²) in [5.41, 5.74) is 0.898. The van der Waals surface area contributed by atoms with Gasteiger partial charge in [-0.05, 0) is 32.4 Å². The van der Waals surface area contributed by atoms with Gasteiger partial charge in [0.2, 0.25) is 5.91 Å². The number of carbonyl (C=O) groups is 2. The number of likely N-dealkylation sites (tertiary alicyclic amines) is 1. The molecule has 0 aliphatic carbocycles. The molecule has 1 aliphatic rings. The van der Waals surface area contributed by atoms with Gasteiger partial charge in [0.15, 0.2) is 0 Å². The van der Waals surface area contributed by atoms with Crippen LogP contribution >= 0.6 is 0 Å². The number of ether oxygens (including phenoxy) is 1. The molecular formula is C16H22N2O4. The fraction of sp³-hybridized carbons (Fsp3) is 0.500. The second-order valence-electron chi connectivity index (χ2n) is 5.50. The molecule has 0 spiro atoms. The molecule has 1 aromatic carbocycles. The lowest BCUT2D eigenvalue weighted by atomic mass is 10.1. The number of benzene rings is 1. The van der Waals surface area contributed by atoms with Crippen molar-refractivity contribution >= 4 is 11.9 Å². The molecule has 1 aromatic rings. The number of nitrogens with zero attached hydrogens (tertiary/aromatic N) is 1. The van der Waals surface area contributed by atoms with Gasteiger partial charge in [-0.3, -0.25) is 14.5 Å². The van der Waals surface area contributed by atoms with Crippen molar-refractivity contribution in [1.29, 1.82) is 0 Å². The minimum atomic E-state index is -0.858. The Morgan fingerprint density at radius 1 is 1.45 bits per heavy atom. The summed E-state index contributed by atoms with van der Waals surface area (Å²) < 4.78 is 5.29. The number of nitrogens with one attached hydrogen (secondary N) is 1. The van der Waals surface area contributed by atoms with E-state index in [0.717, 1.165) is 17.7 Å². The summed E-state index contributed by atoms with van der Waals surface area (Å²) in [5, 5.41) is 12.0. The van der Waals surface area contributed by atoms with Crippen LogP contribution in [0.3, 0.4) is 0 Å². The monoisotopic (exact) mass is 306 g/mol. The van der Waals surface area contributed by atoms with Gasteiger partial charge in [-0.25, -0.2) is 0 Å². The average Bonchev–Trinajstić information content (AvgIpc) is 2.95. The van der Waals surface area contributed by atoms with E-state index in [1.807, 2.05) is 31.2 Å². The van der Waals surface area contributed by atoms with Crippen LogP contribution in [0.2, 0.25) is 0 Å². The molecule has 0 aromatic heterocycles. The Kier molecular flexibility index (Phi) is 5.38. The largest absolute Gasteiger partial charge is 0.496 e. The van der Waals surface area contributed by atoms with Crippen LogP contribution in [0, 0.1) is 0 Å². The Morgan fingerprint density at radius 3 is 2.86 bits per heavy atom. The number of carbonyl (C=O) groups excluding carboxylic acids is 1. The van der Waals surface area contributed by atoms with E-state index >= 15 is 0 Å². The highest BCUT2D eigenvalue weighted by atomic mass is 16.5. The van der Waals surface area contributed by atoms with Crippen LogP contribution in [0.1, 0.15) is 31.4 Å². The smallest absolute Gasteiger partial charge is 0.320 e. The Balaban J connectivity index is 1.95. The van der Waals surface area contributed by atoms with Crippen LogP contribution in [-0.4, -0.2) is 48.1 Å². The van der Waals surface area contributed by atoms with Gasteiger partial charge in [-0.1, -0.05) is 18.2 Å².